The third-order valence-corrected chi connectivity index (χ3v) is 4.26. The lowest BCUT2D eigenvalue weighted by Gasteiger charge is -2.40. The van der Waals surface area contributed by atoms with Crippen LogP contribution in [0, 0.1) is 0 Å². The second kappa shape index (κ2) is 8.62. The summed E-state index contributed by atoms with van der Waals surface area (Å²) >= 11 is 0. The number of likely N-dealkylation sites (N-methyl/N-ethyl adjacent to an activating group) is 1. The highest BCUT2D eigenvalue weighted by Gasteiger charge is 2.40. The molecule has 1 aliphatic heterocycles. The molecule has 0 bridgehead atoms. The van der Waals surface area contributed by atoms with E-state index in [0.717, 1.165) is 5.56 Å². The summed E-state index contributed by atoms with van der Waals surface area (Å²) in [6.45, 7) is 0.622. The molecule has 1 atom stereocenters. The average molecular weight is 347 g/mol. The topological polar surface area (TPSA) is 70.2 Å². The lowest BCUT2D eigenvalue weighted by Crippen LogP contribution is -2.62. The minimum Gasteiger partial charge on any atom is -0.383 e. The van der Waals surface area contributed by atoms with Gasteiger partial charge in [-0.25, -0.2) is 0 Å². The smallest absolute Gasteiger partial charge is 0.246 e. The number of benzene rings is 1. The Labute approximate surface area is 148 Å². The molecule has 7 heteroatoms. The van der Waals surface area contributed by atoms with E-state index in [0.29, 0.717) is 19.6 Å². The van der Waals surface area contributed by atoms with Gasteiger partial charge in [-0.05, 0) is 5.56 Å². The van der Waals surface area contributed by atoms with E-state index in [4.69, 9.17) is 4.74 Å². The van der Waals surface area contributed by atoms with Crippen molar-refractivity contribution in [1.29, 1.82) is 0 Å². The Morgan fingerprint density at radius 3 is 2.52 bits per heavy atom. The number of amides is 3. The fourth-order valence-electron chi connectivity index (χ4n) is 2.76. The molecule has 25 heavy (non-hydrogen) atoms. The van der Waals surface area contributed by atoms with Crippen molar-refractivity contribution >= 4 is 17.7 Å². The van der Waals surface area contributed by atoms with Crippen LogP contribution < -0.4 is 0 Å². The van der Waals surface area contributed by atoms with E-state index in [1.807, 2.05) is 30.3 Å². The number of rotatable bonds is 7. The zero-order valence-electron chi connectivity index (χ0n) is 15.0. The summed E-state index contributed by atoms with van der Waals surface area (Å²) < 4.78 is 5.02. The van der Waals surface area contributed by atoms with Gasteiger partial charge in [-0.2, -0.15) is 0 Å². The number of piperazine rings is 1. The van der Waals surface area contributed by atoms with Crippen LogP contribution in [0.4, 0.5) is 0 Å². The highest BCUT2D eigenvalue weighted by atomic mass is 16.5. The molecule has 0 N–H and O–H groups in total. The van der Waals surface area contributed by atoms with Crippen molar-refractivity contribution in [3.8, 4) is 0 Å². The van der Waals surface area contributed by atoms with Gasteiger partial charge >= 0.3 is 0 Å². The molecule has 0 unspecified atom stereocenters. The van der Waals surface area contributed by atoms with Crippen LogP contribution in [0.3, 0.4) is 0 Å². The van der Waals surface area contributed by atoms with Crippen molar-refractivity contribution in [2.75, 3.05) is 47.4 Å². The van der Waals surface area contributed by atoms with Gasteiger partial charge in [0.05, 0.1) is 13.2 Å². The Kier molecular flexibility index (Phi) is 6.52. The maximum absolute atomic E-state index is 12.9. The lowest BCUT2D eigenvalue weighted by molar-refractivity contribution is -0.158. The van der Waals surface area contributed by atoms with Crippen LogP contribution in [0.5, 0.6) is 0 Å². The Morgan fingerprint density at radius 1 is 1.24 bits per heavy atom. The number of methoxy groups -OCH3 is 1. The number of nitrogens with zero attached hydrogens (tertiary/aromatic N) is 3. The minimum atomic E-state index is -0.676. The summed E-state index contributed by atoms with van der Waals surface area (Å²) in [5.74, 6) is -0.566. The van der Waals surface area contributed by atoms with E-state index < -0.39 is 6.04 Å². The van der Waals surface area contributed by atoms with Crippen molar-refractivity contribution < 1.29 is 19.1 Å². The molecule has 1 aromatic carbocycles. The zero-order valence-corrected chi connectivity index (χ0v) is 15.0. The van der Waals surface area contributed by atoms with Gasteiger partial charge in [-0.1, -0.05) is 30.3 Å². The predicted molar refractivity (Wildman–Crippen MR) is 92.8 cm³/mol. The number of carbonyl (C=O) groups is 3. The molecule has 0 spiro atoms. The summed E-state index contributed by atoms with van der Waals surface area (Å²) in [5.41, 5.74) is 0.949. The number of hydrogen-bond acceptors (Lipinski definition) is 4. The summed E-state index contributed by atoms with van der Waals surface area (Å²) in [7, 11) is 4.82. The Hall–Kier alpha value is -2.41. The summed E-state index contributed by atoms with van der Waals surface area (Å²) in [4.78, 5) is 41.9. The van der Waals surface area contributed by atoms with Gasteiger partial charge in [0, 0.05) is 34.2 Å². The highest BCUT2D eigenvalue weighted by Crippen LogP contribution is 2.17. The van der Waals surface area contributed by atoms with Crippen LogP contribution in [0.15, 0.2) is 30.3 Å². The van der Waals surface area contributed by atoms with Crippen molar-refractivity contribution in [1.82, 2.24) is 14.7 Å². The van der Waals surface area contributed by atoms with Gasteiger partial charge < -0.3 is 19.4 Å². The maximum Gasteiger partial charge on any atom is 0.246 e. The van der Waals surface area contributed by atoms with Crippen LogP contribution in [-0.4, -0.2) is 85.9 Å². The molecule has 0 saturated carbocycles. The van der Waals surface area contributed by atoms with Crippen molar-refractivity contribution in [2.45, 2.75) is 12.5 Å². The molecule has 136 valence electrons. The second-order valence-corrected chi connectivity index (χ2v) is 6.27. The highest BCUT2D eigenvalue weighted by molar-refractivity contribution is 5.97. The lowest BCUT2D eigenvalue weighted by atomic mass is 10.0. The van der Waals surface area contributed by atoms with E-state index in [-0.39, 0.29) is 30.8 Å². The standard InChI is InChI=1S/C18H25N3O4/c1-19(2)16(22)13-21-15(11-14-7-5-4-6-8-14)18(24)20(9-10-25-3)12-17(21)23/h4-8,15H,9-13H2,1-3H3/t15-/m1/s1. The molecule has 1 fully saturated rings. The molecular weight excluding hydrogens is 322 g/mol. The number of ether oxygens (including phenoxy) is 1. The van der Waals surface area contributed by atoms with Crippen LogP contribution in [0.25, 0.3) is 0 Å². The van der Waals surface area contributed by atoms with Gasteiger partial charge in [0.1, 0.15) is 12.6 Å². The van der Waals surface area contributed by atoms with E-state index in [2.05, 4.69) is 0 Å². The molecular formula is C18H25N3O4. The van der Waals surface area contributed by atoms with Gasteiger partial charge in [-0.3, -0.25) is 14.4 Å². The van der Waals surface area contributed by atoms with Crippen LogP contribution in [0.1, 0.15) is 5.56 Å². The van der Waals surface area contributed by atoms with Gasteiger partial charge in [0.25, 0.3) is 0 Å². The van der Waals surface area contributed by atoms with Gasteiger partial charge in [0.2, 0.25) is 17.7 Å². The minimum absolute atomic E-state index is 0.0197. The van der Waals surface area contributed by atoms with Crippen molar-refractivity contribution in [3.05, 3.63) is 35.9 Å². The molecule has 0 aromatic heterocycles. The molecule has 1 aliphatic rings. The maximum atomic E-state index is 12.9. The fourth-order valence-corrected chi connectivity index (χ4v) is 2.76. The van der Waals surface area contributed by atoms with E-state index in [1.165, 1.54) is 14.7 Å². The second-order valence-electron chi connectivity index (χ2n) is 6.27. The zero-order chi connectivity index (χ0) is 18.4. The first-order chi connectivity index (χ1) is 11.9. The van der Waals surface area contributed by atoms with E-state index in [9.17, 15) is 14.4 Å². The summed E-state index contributed by atoms with van der Waals surface area (Å²) in [5, 5.41) is 0. The quantitative estimate of drug-likeness (QED) is 0.696. The summed E-state index contributed by atoms with van der Waals surface area (Å²) in [6, 6.07) is 8.83. The Bertz CT molecular complexity index is 618. The molecule has 0 radical (unpaired) electrons. The number of carbonyl (C=O) groups excluding carboxylic acids is 3. The van der Waals surface area contributed by atoms with Crippen molar-refractivity contribution in [2.24, 2.45) is 0 Å². The average Bonchev–Trinajstić information content (AvgIpc) is 2.60. The third-order valence-electron chi connectivity index (χ3n) is 4.26. The molecule has 1 saturated heterocycles. The molecule has 0 aliphatic carbocycles. The van der Waals surface area contributed by atoms with E-state index in [1.54, 1.807) is 21.2 Å². The molecule has 1 aromatic rings. The van der Waals surface area contributed by atoms with Gasteiger partial charge in [-0.15, -0.1) is 0 Å². The number of hydrogen-bond donors (Lipinski definition) is 0. The fraction of sp³-hybridized carbons (Fsp3) is 0.500. The van der Waals surface area contributed by atoms with Gasteiger partial charge in [0.15, 0.2) is 0 Å². The molecule has 7 nitrogen and oxygen atoms in total. The molecule has 1 heterocycles. The predicted octanol–water partition coefficient (Wildman–Crippen LogP) is 0.00310. The molecule has 3 amide bonds. The SMILES string of the molecule is COCCN1CC(=O)N(CC(=O)N(C)C)[C@H](Cc2ccccc2)C1=O. The first-order valence-corrected chi connectivity index (χ1v) is 8.25. The monoisotopic (exact) mass is 347 g/mol. The van der Waals surface area contributed by atoms with Crippen LogP contribution >= 0.6 is 0 Å². The Balaban J connectivity index is 2.23. The first-order valence-electron chi connectivity index (χ1n) is 8.25. The Morgan fingerprint density at radius 2 is 1.92 bits per heavy atom. The van der Waals surface area contributed by atoms with Crippen molar-refractivity contribution in [3.63, 3.8) is 0 Å². The third kappa shape index (κ3) is 4.79. The molecule has 2 rings (SSSR count). The van der Waals surface area contributed by atoms with E-state index >= 15 is 0 Å². The summed E-state index contributed by atoms with van der Waals surface area (Å²) in [6.07, 6.45) is 0.385. The van der Waals surface area contributed by atoms with Crippen LogP contribution in [-0.2, 0) is 25.5 Å². The first kappa shape index (κ1) is 18.9. The van der Waals surface area contributed by atoms with Crippen LogP contribution in [0.2, 0.25) is 0 Å². The largest absolute Gasteiger partial charge is 0.383 e. The normalized spacial score (nSPS) is 17.8.